The highest BCUT2D eigenvalue weighted by Gasteiger charge is 2.20. The summed E-state index contributed by atoms with van der Waals surface area (Å²) < 4.78 is 0. The highest BCUT2D eigenvalue weighted by Crippen LogP contribution is 2.18. The number of rotatable bonds is 6. The molecule has 1 heterocycles. The molecular formula is C17H19N3O3. The molecule has 120 valence electrons. The SMILES string of the molecule is O=C(Nc1ccccn1)C(=O)NC(CCCO)c1ccccc1. The van der Waals surface area contributed by atoms with Gasteiger partial charge in [-0.2, -0.15) is 0 Å². The first-order valence-electron chi connectivity index (χ1n) is 7.39. The van der Waals surface area contributed by atoms with Crippen LogP contribution in [0.5, 0.6) is 0 Å². The minimum atomic E-state index is -0.770. The third-order valence-corrected chi connectivity index (χ3v) is 3.27. The number of aliphatic hydroxyl groups excluding tert-OH is 1. The van der Waals surface area contributed by atoms with E-state index in [2.05, 4.69) is 15.6 Å². The number of pyridine rings is 1. The van der Waals surface area contributed by atoms with Crippen LogP contribution >= 0.6 is 0 Å². The van der Waals surface area contributed by atoms with Crippen LogP contribution in [-0.4, -0.2) is 28.5 Å². The Hall–Kier alpha value is -2.73. The Morgan fingerprint density at radius 3 is 2.43 bits per heavy atom. The van der Waals surface area contributed by atoms with Crippen LogP contribution in [0.2, 0.25) is 0 Å². The second-order valence-corrected chi connectivity index (χ2v) is 4.97. The van der Waals surface area contributed by atoms with E-state index in [-0.39, 0.29) is 12.6 Å². The first-order chi connectivity index (χ1) is 11.2. The predicted octanol–water partition coefficient (Wildman–Crippen LogP) is 1.65. The molecule has 3 N–H and O–H groups in total. The number of anilines is 1. The average Bonchev–Trinajstić information content (AvgIpc) is 2.60. The molecule has 0 aliphatic carbocycles. The van der Waals surface area contributed by atoms with E-state index in [4.69, 9.17) is 5.11 Å². The number of amides is 2. The van der Waals surface area contributed by atoms with Crippen LogP contribution in [0.1, 0.15) is 24.4 Å². The molecule has 2 rings (SSSR count). The van der Waals surface area contributed by atoms with E-state index >= 15 is 0 Å². The molecule has 1 unspecified atom stereocenters. The van der Waals surface area contributed by atoms with Crippen LogP contribution in [0.3, 0.4) is 0 Å². The van der Waals surface area contributed by atoms with E-state index in [1.807, 2.05) is 30.3 Å². The molecule has 6 nitrogen and oxygen atoms in total. The van der Waals surface area contributed by atoms with Crippen molar-refractivity contribution in [1.29, 1.82) is 0 Å². The number of benzene rings is 1. The van der Waals surface area contributed by atoms with Gasteiger partial charge in [0.05, 0.1) is 6.04 Å². The van der Waals surface area contributed by atoms with Crippen molar-refractivity contribution in [2.75, 3.05) is 11.9 Å². The maximum atomic E-state index is 12.1. The number of hydrogen-bond acceptors (Lipinski definition) is 4. The van der Waals surface area contributed by atoms with Gasteiger partial charge in [-0.25, -0.2) is 4.98 Å². The van der Waals surface area contributed by atoms with Gasteiger partial charge in [-0.3, -0.25) is 9.59 Å². The molecule has 1 aromatic heterocycles. The zero-order valence-electron chi connectivity index (χ0n) is 12.6. The summed E-state index contributed by atoms with van der Waals surface area (Å²) in [5, 5.41) is 14.1. The van der Waals surface area contributed by atoms with Gasteiger partial charge in [-0.1, -0.05) is 36.4 Å². The van der Waals surface area contributed by atoms with Crippen molar-refractivity contribution >= 4 is 17.6 Å². The molecule has 1 atom stereocenters. The highest BCUT2D eigenvalue weighted by molar-refractivity contribution is 6.39. The molecular weight excluding hydrogens is 294 g/mol. The molecule has 6 heteroatoms. The second-order valence-electron chi connectivity index (χ2n) is 4.97. The summed E-state index contributed by atoms with van der Waals surface area (Å²) in [5.74, 6) is -1.18. The van der Waals surface area contributed by atoms with Gasteiger partial charge in [-0.15, -0.1) is 0 Å². The summed E-state index contributed by atoms with van der Waals surface area (Å²) in [6, 6.07) is 14.1. The fraction of sp³-hybridized carbons (Fsp3) is 0.235. The number of carbonyl (C=O) groups is 2. The van der Waals surface area contributed by atoms with E-state index in [9.17, 15) is 9.59 Å². The summed E-state index contributed by atoms with van der Waals surface area (Å²) in [6.07, 6.45) is 2.60. The molecule has 0 aliphatic rings. The van der Waals surface area contributed by atoms with Gasteiger partial charge in [0.25, 0.3) is 0 Å². The maximum Gasteiger partial charge on any atom is 0.314 e. The fourth-order valence-corrected chi connectivity index (χ4v) is 2.14. The van der Waals surface area contributed by atoms with Crippen LogP contribution in [0.25, 0.3) is 0 Å². The number of aliphatic hydroxyl groups is 1. The molecule has 2 amide bonds. The Bertz CT molecular complexity index is 632. The summed E-state index contributed by atoms with van der Waals surface area (Å²) in [5.41, 5.74) is 0.889. The quantitative estimate of drug-likeness (QED) is 0.707. The van der Waals surface area contributed by atoms with E-state index in [1.165, 1.54) is 6.20 Å². The number of nitrogens with one attached hydrogen (secondary N) is 2. The molecule has 1 aromatic carbocycles. The van der Waals surface area contributed by atoms with Gasteiger partial charge in [0.15, 0.2) is 0 Å². The van der Waals surface area contributed by atoms with Crippen LogP contribution < -0.4 is 10.6 Å². The third kappa shape index (κ3) is 5.19. The second kappa shape index (κ2) is 8.65. The lowest BCUT2D eigenvalue weighted by Crippen LogP contribution is -2.38. The average molecular weight is 313 g/mol. The molecule has 0 saturated carbocycles. The van der Waals surface area contributed by atoms with Crippen molar-refractivity contribution in [3.63, 3.8) is 0 Å². The number of hydrogen-bond donors (Lipinski definition) is 3. The van der Waals surface area contributed by atoms with Crippen LogP contribution in [0, 0.1) is 0 Å². The van der Waals surface area contributed by atoms with Crippen molar-refractivity contribution < 1.29 is 14.7 Å². The third-order valence-electron chi connectivity index (χ3n) is 3.27. The Kier molecular flexibility index (Phi) is 6.26. The summed E-state index contributed by atoms with van der Waals surface area (Å²) >= 11 is 0. The number of carbonyl (C=O) groups excluding carboxylic acids is 2. The first-order valence-corrected chi connectivity index (χ1v) is 7.39. The fourth-order valence-electron chi connectivity index (χ4n) is 2.14. The van der Waals surface area contributed by atoms with Gasteiger partial charge in [0.1, 0.15) is 5.82 Å². The van der Waals surface area contributed by atoms with Crippen molar-refractivity contribution in [3.8, 4) is 0 Å². The summed E-state index contributed by atoms with van der Waals surface area (Å²) in [4.78, 5) is 28.0. The van der Waals surface area contributed by atoms with Crippen molar-refractivity contribution in [1.82, 2.24) is 10.3 Å². The van der Waals surface area contributed by atoms with Crippen molar-refractivity contribution in [2.24, 2.45) is 0 Å². The van der Waals surface area contributed by atoms with Gasteiger partial charge in [0, 0.05) is 12.8 Å². The van der Waals surface area contributed by atoms with Crippen molar-refractivity contribution in [3.05, 3.63) is 60.3 Å². The first kappa shape index (κ1) is 16.6. The standard InChI is InChI=1S/C17H19N3O3/c21-12-6-9-14(13-7-2-1-3-8-13)19-16(22)17(23)20-15-10-4-5-11-18-15/h1-5,7-8,10-11,14,21H,6,9,12H2,(H,19,22)(H,18,20,23). The Morgan fingerprint density at radius 1 is 1.04 bits per heavy atom. The number of aromatic nitrogens is 1. The molecule has 0 radical (unpaired) electrons. The minimum Gasteiger partial charge on any atom is -0.396 e. The van der Waals surface area contributed by atoms with Crippen LogP contribution in [0.4, 0.5) is 5.82 Å². The van der Waals surface area contributed by atoms with E-state index in [0.717, 1.165) is 5.56 Å². The smallest absolute Gasteiger partial charge is 0.314 e. The van der Waals surface area contributed by atoms with Gasteiger partial charge >= 0.3 is 11.8 Å². The van der Waals surface area contributed by atoms with E-state index in [0.29, 0.717) is 18.7 Å². The monoisotopic (exact) mass is 313 g/mol. The predicted molar refractivity (Wildman–Crippen MR) is 86.5 cm³/mol. The van der Waals surface area contributed by atoms with Crippen LogP contribution in [0.15, 0.2) is 54.7 Å². The zero-order chi connectivity index (χ0) is 16.5. The zero-order valence-corrected chi connectivity index (χ0v) is 12.6. The Morgan fingerprint density at radius 2 is 1.78 bits per heavy atom. The molecule has 0 aliphatic heterocycles. The maximum absolute atomic E-state index is 12.1. The Balaban J connectivity index is 2.00. The van der Waals surface area contributed by atoms with Gasteiger partial charge in [0.2, 0.25) is 0 Å². The lowest BCUT2D eigenvalue weighted by Gasteiger charge is -2.18. The summed E-state index contributed by atoms with van der Waals surface area (Å²) in [7, 11) is 0. The lowest BCUT2D eigenvalue weighted by atomic mass is 10.0. The normalized spacial score (nSPS) is 11.5. The molecule has 23 heavy (non-hydrogen) atoms. The summed E-state index contributed by atoms with van der Waals surface area (Å²) in [6.45, 7) is 0.0271. The number of nitrogens with zero attached hydrogens (tertiary/aromatic N) is 1. The van der Waals surface area contributed by atoms with Gasteiger partial charge < -0.3 is 15.7 Å². The topological polar surface area (TPSA) is 91.3 Å². The van der Waals surface area contributed by atoms with E-state index in [1.54, 1.807) is 18.2 Å². The van der Waals surface area contributed by atoms with E-state index < -0.39 is 11.8 Å². The molecule has 0 saturated heterocycles. The molecule has 0 fully saturated rings. The van der Waals surface area contributed by atoms with Gasteiger partial charge in [-0.05, 0) is 30.5 Å². The Labute approximate surface area is 134 Å². The molecule has 0 bridgehead atoms. The van der Waals surface area contributed by atoms with Crippen molar-refractivity contribution in [2.45, 2.75) is 18.9 Å². The lowest BCUT2D eigenvalue weighted by molar-refractivity contribution is -0.136. The molecule has 2 aromatic rings. The highest BCUT2D eigenvalue weighted by atomic mass is 16.3. The minimum absolute atomic E-state index is 0.0271. The molecule has 0 spiro atoms. The largest absolute Gasteiger partial charge is 0.396 e. The van der Waals surface area contributed by atoms with Crippen LogP contribution in [-0.2, 0) is 9.59 Å².